The number of benzene rings is 1. The third-order valence-electron chi connectivity index (χ3n) is 3.84. The molecule has 1 unspecified atom stereocenters. The third-order valence-corrected chi connectivity index (χ3v) is 3.84. The van der Waals surface area contributed by atoms with E-state index in [9.17, 15) is 4.79 Å². The summed E-state index contributed by atoms with van der Waals surface area (Å²) in [6, 6.07) is 8.24. The minimum atomic E-state index is 0.219. The van der Waals surface area contributed by atoms with Crippen molar-refractivity contribution in [1.29, 1.82) is 0 Å². The first-order chi connectivity index (χ1) is 9.70. The summed E-state index contributed by atoms with van der Waals surface area (Å²) in [6.45, 7) is 4.69. The number of rotatable bonds is 6. The average Bonchev–Trinajstić information content (AvgIpc) is 3.01. The van der Waals surface area contributed by atoms with Gasteiger partial charge in [0.05, 0.1) is 7.11 Å². The van der Waals surface area contributed by atoms with E-state index in [2.05, 4.69) is 18.3 Å². The molecule has 1 aliphatic heterocycles. The number of methoxy groups -OCH3 is 1. The van der Waals surface area contributed by atoms with Gasteiger partial charge in [0.25, 0.3) is 0 Å². The van der Waals surface area contributed by atoms with Gasteiger partial charge in [-0.15, -0.1) is 0 Å². The van der Waals surface area contributed by atoms with Crippen LogP contribution in [0.15, 0.2) is 24.3 Å². The minimum Gasteiger partial charge on any atom is -0.497 e. The molecule has 20 heavy (non-hydrogen) atoms. The lowest BCUT2D eigenvalue weighted by molar-refractivity contribution is -0.130. The fraction of sp³-hybridized carbons (Fsp3) is 0.562. The van der Waals surface area contributed by atoms with Crippen molar-refractivity contribution in [3.8, 4) is 5.75 Å². The number of likely N-dealkylation sites (tertiary alicyclic amines) is 1. The number of amides is 1. The van der Waals surface area contributed by atoms with Crippen molar-refractivity contribution in [2.24, 2.45) is 0 Å². The Balaban J connectivity index is 1.76. The summed E-state index contributed by atoms with van der Waals surface area (Å²) in [5.74, 6) is 1.14. The van der Waals surface area contributed by atoms with Crippen molar-refractivity contribution in [3.63, 3.8) is 0 Å². The molecule has 1 atom stereocenters. The van der Waals surface area contributed by atoms with E-state index in [4.69, 9.17) is 4.74 Å². The predicted molar refractivity (Wildman–Crippen MR) is 79.8 cm³/mol. The molecule has 1 heterocycles. The van der Waals surface area contributed by atoms with Gasteiger partial charge in [-0.1, -0.05) is 12.1 Å². The number of hydrogen-bond acceptors (Lipinski definition) is 3. The molecule has 1 aliphatic rings. The Hall–Kier alpha value is -1.55. The quantitative estimate of drug-likeness (QED) is 0.867. The van der Waals surface area contributed by atoms with Crippen molar-refractivity contribution in [2.75, 3.05) is 26.7 Å². The number of hydrogen-bond donors (Lipinski definition) is 1. The molecule has 1 aromatic rings. The second kappa shape index (κ2) is 7.29. The zero-order valence-electron chi connectivity index (χ0n) is 12.4. The summed E-state index contributed by atoms with van der Waals surface area (Å²) >= 11 is 0. The molecule has 110 valence electrons. The zero-order valence-corrected chi connectivity index (χ0v) is 12.4. The number of carbonyl (C=O) groups is 1. The highest BCUT2D eigenvalue weighted by atomic mass is 16.5. The van der Waals surface area contributed by atoms with Gasteiger partial charge in [-0.25, -0.2) is 0 Å². The average molecular weight is 276 g/mol. The molecule has 0 aromatic heterocycles. The third kappa shape index (κ3) is 3.97. The molecule has 1 saturated heterocycles. The van der Waals surface area contributed by atoms with E-state index < -0.39 is 0 Å². The summed E-state index contributed by atoms with van der Waals surface area (Å²) in [7, 11) is 1.67. The zero-order chi connectivity index (χ0) is 14.4. The van der Waals surface area contributed by atoms with Crippen LogP contribution in [0.25, 0.3) is 0 Å². The van der Waals surface area contributed by atoms with Gasteiger partial charge in [0.2, 0.25) is 5.91 Å². The molecule has 1 aromatic carbocycles. The molecular weight excluding hydrogens is 252 g/mol. The van der Waals surface area contributed by atoms with Crippen LogP contribution in [0, 0.1) is 0 Å². The van der Waals surface area contributed by atoms with Crippen molar-refractivity contribution in [2.45, 2.75) is 32.2 Å². The fourth-order valence-electron chi connectivity index (χ4n) is 2.55. The molecule has 4 heteroatoms. The molecular formula is C16H24N2O2. The van der Waals surface area contributed by atoms with Crippen LogP contribution >= 0.6 is 0 Å². The smallest absolute Gasteiger partial charge is 0.223 e. The van der Waals surface area contributed by atoms with E-state index in [1.807, 2.05) is 23.1 Å². The van der Waals surface area contributed by atoms with Gasteiger partial charge >= 0.3 is 0 Å². The minimum absolute atomic E-state index is 0.219. The molecule has 2 rings (SSSR count). The van der Waals surface area contributed by atoms with Gasteiger partial charge in [-0.3, -0.25) is 4.79 Å². The van der Waals surface area contributed by atoms with Crippen molar-refractivity contribution >= 4 is 5.91 Å². The second-order valence-corrected chi connectivity index (χ2v) is 5.29. The Kier molecular flexibility index (Phi) is 5.41. The van der Waals surface area contributed by atoms with Crippen LogP contribution in [0.5, 0.6) is 5.75 Å². The number of nitrogens with zero attached hydrogens (tertiary/aromatic N) is 1. The van der Waals surface area contributed by atoms with Gasteiger partial charge in [-0.2, -0.15) is 0 Å². The van der Waals surface area contributed by atoms with E-state index in [1.165, 1.54) is 5.56 Å². The summed E-state index contributed by atoms with van der Waals surface area (Å²) < 4.78 is 5.23. The molecule has 1 N–H and O–H groups in total. The summed E-state index contributed by atoms with van der Waals surface area (Å²) in [4.78, 5) is 13.9. The summed E-state index contributed by atoms with van der Waals surface area (Å²) in [6.07, 6.45) is 2.88. The molecule has 0 radical (unpaired) electrons. The van der Waals surface area contributed by atoms with E-state index >= 15 is 0 Å². The Morgan fingerprint density at radius 3 is 2.85 bits per heavy atom. The number of carbonyl (C=O) groups excluding carboxylic acids is 1. The summed E-state index contributed by atoms with van der Waals surface area (Å²) in [5, 5.41) is 3.40. The Bertz CT molecular complexity index is 442. The second-order valence-electron chi connectivity index (χ2n) is 5.29. The van der Waals surface area contributed by atoms with Crippen molar-refractivity contribution in [1.82, 2.24) is 10.2 Å². The van der Waals surface area contributed by atoms with Crippen LogP contribution in [0.1, 0.15) is 37.8 Å². The van der Waals surface area contributed by atoms with Gasteiger partial charge in [0, 0.05) is 32.1 Å². The van der Waals surface area contributed by atoms with Gasteiger partial charge in [0.15, 0.2) is 0 Å². The van der Waals surface area contributed by atoms with Crippen LogP contribution in [-0.2, 0) is 4.79 Å². The van der Waals surface area contributed by atoms with Crippen LogP contribution in [-0.4, -0.2) is 37.6 Å². The molecule has 1 fully saturated rings. The highest BCUT2D eigenvalue weighted by Gasteiger charge is 2.17. The maximum Gasteiger partial charge on any atom is 0.223 e. The number of nitrogens with one attached hydrogen (secondary N) is 1. The molecule has 0 aliphatic carbocycles. The fourth-order valence-corrected chi connectivity index (χ4v) is 2.55. The van der Waals surface area contributed by atoms with Gasteiger partial charge in [0.1, 0.15) is 5.75 Å². The first-order valence-corrected chi connectivity index (χ1v) is 7.36. The monoisotopic (exact) mass is 276 g/mol. The first kappa shape index (κ1) is 14.9. The molecule has 0 spiro atoms. The van der Waals surface area contributed by atoms with Crippen LogP contribution in [0.2, 0.25) is 0 Å². The molecule has 1 amide bonds. The summed E-state index contributed by atoms with van der Waals surface area (Å²) in [5.41, 5.74) is 1.18. The lowest BCUT2D eigenvalue weighted by atomic mass is 10.1. The SMILES string of the molecule is COc1cccc(C(C)NCCC(=O)N2CCCC2)c1. The topological polar surface area (TPSA) is 41.6 Å². The maximum atomic E-state index is 11.9. The van der Waals surface area contributed by atoms with Crippen molar-refractivity contribution < 1.29 is 9.53 Å². The van der Waals surface area contributed by atoms with Crippen LogP contribution < -0.4 is 10.1 Å². The number of ether oxygens (including phenoxy) is 1. The molecule has 4 nitrogen and oxygen atoms in total. The lowest BCUT2D eigenvalue weighted by Gasteiger charge is -2.18. The first-order valence-electron chi connectivity index (χ1n) is 7.36. The van der Waals surface area contributed by atoms with Crippen LogP contribution in [0.4, 0.5) is 0 Å². The van der Waals surface area contributed by atoms with E-state index in [-0.39, 0.29) is 11.9 Å². The largest absolute Gasteiger partial charge is 0.497 e. The van der Waals surface area contributed by atoms with E-state index in [0.717, 1.165) is 31.7 Å². The standard InChI is InChI=1S/C16H24N2O2/c1-13(14-6-5-7-15(12-14)20-2)17-9-8-16(19)18-10-3-4-11-18/h5-7,12-13,17H,3-4,8-11H2,1-2H3. The van der Waals surface area contributed by atoms with E-state index in [1.54, 1.807) is 7.11 Å². The lowest BCUT2D eigenvalue weighted by Crippen LogP contribution is -2.31. The normalized spacial score (nSPS) is 16.2. The predicted octanol–water partition coefficient (Wildman–Crippen LogP) is 2.36. The van der Waals surface area contributed by atoms with Gasteiger partial charge in [-0.05, 0) is 37.5 Å². The highest BCUT2D eigenvalue weighted by Crippen LogP contribution is 2.18. The molecule has 0 saturated carbocycles. The van der Waals surface area contributed by atoms with E-state index in [0.29, 0.717) is 13.0 Å². The maximum absolute atomic E-state index is 11.9. The van der Waals surface area contributed by atoms with Gasteiger partial charge < -0.3 is 15.0 Å². The van der Waals surface area contributed by atoms with Crippen LogP contribution in [0.3, 0.4) is 0 Å². The highest BCUT2D eigenvalue weighted by molar-refractivity contribution is 5.76. The van der Waals surface area contributed by atoms with Crippen molar-refractivity contribution in [3.05, 3.63) is 29.8 Å². The Labute approximate surface area is 121 Å². The Morgan fingerprint density at radius 1 is 1.40 bits per heavy atom. The molecule has 0 bridgehead atoms. The Morgan fingerprint density at radius 2 is 2.15 bits per heavy atom.